The van der Waals surface area contributed by atoms with Crippen molar-refractivity contribution in [2.45, 2.75) is 12.8 Å². The highest BCUT2D eigenvalue weighted by Crippen LogP contribution is 2.34. The number of imide groups is 1. The van der Waals surface area contributed by atoms with Gasteiger partial charge in [0, 0.05) is 18.7 Å². The van der Waals surface area contributed by atoms with E-state index in [1.54, 1.807) is 6.07 Å². The van der Waals surface area contributed by atoms with E-state index >= 15 is 0 Å². The molecule has 0 aliphatic heterocycles. The van der Waals surface area contributed by atoms with Crippen LogP contribution in [-0.2, 0) is 25.5 Å². The predicted molar refractivity (Wildman–Crippen MR) is 128 cm³/mol. The molecule has 2 aromatic rings. The number of benzene rings is 2. The molecule has 10 heteroatoms. The summed E-state index contributed by atoms with van der Waals surface area (Å²) in [6, 6.07) is 8.09. The second-order valence-corrected chi connectivity index (χ2v) is 7.14. The van der Waals surface area contributed by atoms with Crippen LogP contribution >= 0.6 is 0 Å². The number of nitrogens with zero attached hydrogens (tertiary/aromatic N) is 1. The lowest BCUT2D eigenvalue weighted by Gasteiger charge is -2.19. The van der Waals surface area contributed by atoms with Gasteiger partial charge in [-0.25, -0.2) is 9.18 Å². The molecule has 1 N–H and O–H groups in total. The number of hydrogen-bond donors (Lipinski definition) is 1. The monoisotopic (exact) mass is 494 g/mol. The van der Waals surface area contributed by atoms with Crippen LogP contribution in [0.15, 0.2) is 36.4 Å². The number of anilines is 1. The molecular weight excluding hydrogens is 471 g/mol. The lowest BCUT2D eigenvalue weighted by Crippen LogP contribution is -2.38. The van der Waals surface area contributed by atoms with Gasteiger partial charge in [0.15, 0.2) is 11.5 Å². The maximum atomic E-state index is 13.4. The number of hydrogen-bond acceptors (Lipinski definition) is 7. The van der Waals surface area contributed by atoms with Crippen LogP contribution in [0.3, 0.4) is 0 Å². The Bertz CT molecular complexity index is 1240. The van der Waals surface area contributed by atoms with Crippen molar-refractivity contribution in [2.75, 3.05) is 32.7 Å². The molecule has 0 spiro atoms. The van der Waals surface area contributed by atoms with E-state index in [1.807, 2.05) is 11.8 Å². The molecule has 2 aromatic carbocycles. The molecule has 0 aromatic heterocycles. The average Bonchev–Trinajstić information content (AvgIpc) is 2.87. The van der Waals surface area contributed by atoms with Crippen molar-refractivity contribution in [3.8, 4) is 36.2 Å². The van der Waals surface area contributed by atoms with E-state index in [1.165, 1.54) is 37.4 Å². The number of rotatable bonds is 10. The Kier molecular flexibility index (Phi) is 10.0. The van der Waals surface area contributed by atoms with E-state index in [2.05, 4.69) is 5.32 Å². The predicted octanol–water partition coefficient (Wildman–Crippen LogP) is 2.19. The van der Waals surface area contributed by atoms with E-state index < -0.39 is 29.5 Å². The summed E-state index contributed by atoms with van der Waals surface area (Å²) >= 11 is 0. The van der Waals surface area contributed by atoms with Crippen molar-refractivity contribution in [3.05, 3.63) is 53.3 Å². The highest BCUT2D eigenvalue weighted by Gasteiger charge is 2.21. The minimum atomic E-state index is -0.837. The van der Waals surface area contributed by atoms with Gasteiger partial charge in [-0.1, -0.05) is 12.1 Å². The van der Waals surface area contributed by atoms with Crippen molar-refractivity contribution in [1.82, 2.24) is 4.90 Å². The van der Waals surface area contributed by atoms with Gasteiger partial charge < -0.3 is 19.5 Å². The molecule has 0 bridgehead atoms. The quantitative estimate of drug-likeness (QED) is 0.306. The molecule has 9 nitrogen and oxygen atoms in total. The minimum absolute atomic E-state index is 0.00533. The van der Waals surface area contributed by atoms with Crippen molar-refractivity contribution >= 4 is 29.4 Å². The Labute approximate surface area is 207 Å². The molecule has 0 aliphatic carbocycles. The number of halogens is 1. The van der Waals surface area contributed by atoms with Crippen molar-refractivity contribution in [2.24, 2.45) is 0 Å². The maximum absolute atomic E-state index is 13.4. The third-order valence-electron chi connectivity index (χ3n) is 4.79. The largest absolute Gasteiger partial charge is 0.493 e. The van der Waals surface area contributed by atoms with Gasteiger partial charge in [-0.05, 0) is 36.0 Å². The molecule has 0 saturated carbocycles. The highest BCUT2D eigenvalue weighted by molar-refractivity contribution is 6.08. The number of methoxy groups -OCH3 is 2. The standard InChI is InChI=1S/C26H23FN2O7/c1-5-23(30)28-20-16-21(34-3)22(15-19(20)26(33)35-4)36-12-8-11-29(24(31)6-2)25(32)14-17-9-7-10-18(27)13-17/h1-2,7,9-10,13,15-16H,8,11-12,14H2,3-4H3,(H,28,30). The van der Waals surface area contributed by atoms with Crippen molar-refractivity contribution in [3.63, 3.8) is 0 Å². The van der Waals surface area contributed by atoms with Gasteiger partial charge in [-0.15, -0.1) is 12.8 Å². The fourth-order valence-electron chi connectivity index (χ4n) is 3.11. The zero-order valence-corrected chi connectivity index (χ0v) is 19.6. The minimum Gasteiger partial charge on any atom is -0.493 e. The highest BCUT2D eigenvalue weighted by atomic mass is 19.1. The number of terminal acetylenes is 2. The molecule has 36 heavy (non-hydrogen) atoms. The molecule has 186 valence electrons. The topological polar surface area (TPSA) is 111 Å². The first-order chi connectivity index (χ1) is 17.2. The van der Waals surface area contributed by atoms with Crippen molar-refractivity contribution in [1.29, 1.82) is 0 Å². The van der Waals surface area contributed by atoms with E-state index in [0.29, 0.717) is 5.56 Å². The molecule has 0 heterocycles. The van der Waals surface area contributed by atoms with Crippen molar-refractivity contribution < 1.29 is 37.8 Å². The lowest BCUT2D eigenvalue weighted by molar-refractivity contribution is -0.141. The molecule has 3 amide bonds. The van der Waals surface area contributed by atoms with Crippen LogP contribution in [0.4, 0.5) is 10.1 Å². The smallest absolute Gasteiger partial charge is 0.340 e. The summed E-state index contributed by atoms with van der Waals surface area (Å²) in [6.07, 6.45) is 10.2. The van der Waals surface area contributed by atoms with Gasteiger partial charge in [0.2, 0.25) is 5.91 Å². The number of carbonyl (C=O) groups is 4. The summed E-state index contributed by atoms with van der Waals surface area (Å²) in [4.78, 5) is 49.4. The molecule has 0 atom stereocenters. The first-order valence-corrected chi connectivity index (χ1v) is 10.5. The number of carbonyl (C=O) groups excluding carboxylic acids is 4. The van der Waals surface area contributed by atoms with Gasteiger partial charge >= 0.3 is 11.9 Å². The summed E-state index contributed by atoms with van der Waals surface area (Å²) in [6.45, 7) is -0.0751. The van der Waals surface area contributed by atoms with Gasteiger partial charge in [0.1, 0.15) is 5.82 Å². The summed E-state index contributed by atoms with van der Waals surface area (Å²) in [7, 11) is 2.52. The van der Waals surface area contributed by atoms with E-state index in [4.69, 9.17) is 27.1 Å². The summed E-state index contributed by atoms with van der Waals surface area (Å²) in [5, 5.41) is 2.38. The number of ether oxygens (including phenoxy) is 3. The van der Waals surface area contributed by atoms with Crippen LogP contribution < -0.4 is 14.8 Å². The van der Waals surface area contributed by atoms with Crippen LogP contribution in [-0.4, -0.2) is 56.0 Å². The molecule has 2 rings (SSSR count). The van der Waals surface area contributed by atoms with E-state index in [9.17, 15) is 23.6 Å². The maximum Gasteiger partial charge on any atom is 0.340 e. The van der Waals surface area contributed by atoms with E-state index in [0.717, 1.165) is 12.0 Å². The Hall–Kier alpha value is -4.83. The first-order valence-electron chi connectivity index (χ1n) is 10.5. The third kappa shape index (κ3) is 7.34. The number of nitrogens with one attached hydrogen (secondary N) is 1. The lowest BCUT2D eigenvalue weighted by atomic mass is 10.1. The number of amides is 3. The van der Waals surface area contributed by atoms with Gasteiger partial charge in [-0.3, -0.25) is 19.3 Å². The molecule has 0 unspecified atom stereocenters. The van der Waals surface area contributed by atoms with Crippen LogP contribution in [0.1, 0.15) is 22.3 Å². The molecule has 0 saturated heterocycles. The summed E-state index contributed by atoms with van der Waals surface area (Å²) in [5.41, 5.74) is 0.414. The zero-order chi connectivity index (χ0) is 26.7. The van der Waals surface area contributed by atoms with Gasteiger partial charge in [-0.2, -0.15) is 0 Å². The molecular formula is C26H23FN2O7. The Morgan fingerprint density at radius 3 is 2.42 bits per heavy atom. The summed E-state index contributed by atoms with van der Waals surface area (Å²) < 4.78 is 29.1. The summed E-state index contributed by atoms with van der Waals surface area (Å²) in [5.74, 6) is 0.613. The zero-order valence-electron chi connectivity index (χ0n) is 19.6. The van der Waals surface area contributed by atoms with Gasteiger partial charge in [0.25, 0.3) is 5.91 Å². The number of esters is 1. The fourth-order valence-corrected chi connectivity index (χ4v) is 3.11. The third-order valence-corrected chi connectivity index (χ3v) is 4.79. The van der Waals surface area contributed by atoms with E-state index in [-0.39, 0.29) is 48.7 Å². The molecule has 0 radical (unpaired) electrons. The van der Waals surface area contributed by atoms with Crippen LogP contribution in [0.2, 0.25) is 0 Å². The van der Waals surface area contributed by atoms with Crippen LogP contribution in [0.5, 0.6) is 11.5 Å². The second kappa shape index (κ2) is 13.2. The SMILES string of the molecule is C#CC(=O)Nc1cc(OC)c(OCCCN(C(=O)C#C)C(=O)Cc2cccc(F)c2)cc1C(=O)OC. The molecule has 0 aliphatic rings. The fraction of sp³-hybridized carbons (Fsp3) is 0.231. The second-order valence-electron chi connectivity index (χ2n) is 7.14. The van der Waals surface area contributed by atoms with Crippen LogP contribution in [0, 0.1) is 30.5 Å². The average molecular weight is 494 g/mol. The normalized spacial score (nSPS) is 9.81. The Morgan fingerprint density at radius 2 is 1.81 bits per heavy atom. The first kappa shape index (κ1) is 27.4. The van der Waals surface area contributed by atoms with Crippen LogP contribution in [0.25, 0.3) is 0 Å². The molecule has 0 fully saturated rings. The Balaban J connectivity index is 2.13. The van der Waals surface area contributed by atoms with Gasteiger partial charge in [0.05, 0.1) is 38.5 Å². The Morgan fingerprint density at radius 1 is 1.06 bits per heavy atom.